The predicted molar refractivity (Wildman–Crippen MR) is 95.7 cm³/mol. The van der Waals surface area contributed by atoms with Gasteiger partial charge in [-0.25, -0.2) is 0 Å². The van der Waals surface area contributed by atoms with Gasteiger partial charge in [0, 0.05) is 19.6 Å². The van der Waals surface area contributed by atoms with Crippen molar-refractivity contribution in [2.24, 2.45) is 0 Å². The minimum absolute atomic E-state index is 0.00885. The molecular weight excluding hydrogens is 336 g/mol. The third-order valence-electron chi connectivity index (χ3n) is 4.52. The van der Waals surface area contributed by atoms with Gasteiger partial charge < -0.3 is 23.9 Å². The predicted octanol–water partition coefficient (Wildman–Crippen LogP) is 2.10. The van der Waals surface area contributed by atoms with Crippen LogP contribution in [-0.2, 0) is 4.74 Å². The standard InChI is InChI=1S/C19H24N2O5/c1-23-17-4-3-14(11-18(17)24-2)16(21-6-9-25-10-7-21)12-20-19(22)15-5-8-26-13-15/h3-5,8,11,13,16H,6-7,9-10,12H2,1-2H3,(H,20,22)/t16-/m0/s1. The molecule has 0 saturated carbocycles. The molecule has 26 heavy (non-hydrogen) atoms. The molecule has 3 rings (SSSR count). The van der Waals surface area contributed by atoms with Gasteiger partial charge in [0.1, 0.15) is 6.26 Å². The van der Waals surface area contributed by atoms with E-state index >= 15 is 0 Å². The number of ether oxygens (including phenoxy) is 3. The first-order valence-electron chi connectivity index (χ1n) is 8.57. The molecule has 2 aromatic rings. The highest BCUT2D eigenvalue weighted by Crippen LogP contribution is 2.32. The first kappa shape index (κ1) is 18.3. The molecule has 0 radical (unpaired) electrons. The maximum Gasteiger partial charge on any atom is 0.254 e. The Morgan fingerprint density at radius 1 is 1.19 bits per heavy atom. The summed E-state index contributed by atoms with van der Waals surface area (Å²) in [5.74, 6) is 1.20. The average Bonchev–Trinajstić information content (AvgIpc) is 3.23. The lowest BCUT2D eigenvalue weighted by molar-refractivity contribution is 0.0162. The third-order valence-corrected chi connectivity index (χ3v) is 4.52. The Kier molecular flexibility index (Phi) is 6.14. The van der Waals surface area contributed by atoms with Gasteiger partial charge in [-0.3, -0.25) is 9.69 Å². The second-order valence-electron chi connectivity index (χ2n) is 6.00. The van der Waals surface area contributed by atoms with Crippen molar-refractivity contribution in [3.8, 4) is 11.5 Å². The molecule has 2 heterocycles. The number of benzene rings is 1. The molecule has 7 nitrogen and oxygen atoms in total. The molecule has 1 saturated heterocycles. The highest BCUT2D eigenvalue weighted by Gasteiger charge is 2.24. The number of carbonyl (C=O) groups is 1. The summed E-state index contributed by atoms with van der Waals surface area (Å²) in [7, 11) is 3.23. The Bertz CT molecular complexity index is 711. The van der Waals surface area contributed by atoms with Crippen LogP contribution in [0.25, 0.3) is 0 Å². The first-order valence-corrected chi connectivity index (χ1v) is 8.57. The summed E-state index contributed by atoms with van der Waals surface area (Å²) in [6.45, 7) is 3.44. The molecule has 1 aromatic carbocycles. The number of methoxy groups -OCH3 is 2. The van der Waals surface area contributed by atoms with Crippen molar-refractivity contribution in [3.05, 3.63) is 47.9 Å². The van der Waals surface area contributed by atoms with E-state index in [1.54, 1.807) is 20.3 Å². The zero-order valence-corrected chi connectivity index (χ0v) is 15.1. The highest BCUT2D eigenvalue weighted by atomic mass is 16.5. The van der Waals surface area contributed by atoms with E-state index in [-0.39, 0.29) is 11.9 Å². The normalized spacial score (nSPS) is 16.1. The Hall–Kier alpha value is -2.51. The van der Waals surface area contributed by atoms with Crippen molar-refractivity contribution >= 4 is 5.91 Å². The number of furan rings is 1. The molecule has 0 aliphatic carbocycles. The van der Waals surface area contributed by atoms with Gasteiger partial charge >= 0.3 is 0 Å². The third kappa shape index (κ3) is 4.17. The van der Waals surface area contributed by atoms with Gasteiger partial charge in [0.25, 0.3) is 5.91 Å². The Morgan fingerprint density at radius 2 is 1.96 bits per heavy atom. The molecular formula is C19H24N2O5. The minimum Gasteiger partial charge on any atom is -0.493 e. The zero-order valence-electron chi connectivity index (χ0n) is 15.1. The molecule has 1 aliphatic heterocycles. The molecule has 1 amide bonds. The van der Waals surface area contributed by atoms with E-state index in [2.05, 4.69) is 10.2 Å². The quantitative estimate of drug-likeness (QED) is 0.815. The molecule has 140 valence electrons. The van der Waals surface area contributed by atoms with E-state index in [9.17, 15) is 4.79 Å². The van der Waals surface area contributed by atoms with Crippen molar-refractivity contribution < 1.29 is 23.4 Å². The lowest BCUT2D eigenvalue weighted by Gasteiger charge is -2.35. The maximum absolute atomic E-state index is 12.3. The van der Waals surface area contributed by atoms with E-state index in [0.717, 1.165) is 18.7 Å². The summed E-state index contributed by atoms with van der Waals surface area (Å²) in [4.78, 5) is 14.6. The van der Waals surface area contributed by atoms with Gasteiger partial charge in [-0.05, 0) is 23.8 Å². The number of hydrogen-bond donors (Lipinski definition) is 1. The van der Waals surface area contributed by atoms with Crippen LogP contribution in [0.3, 0.4) is 0 Å². The second-order valence-corrected chi connectivity index (χ2v) is 6.00. The number of hydrogen-bond acceptors (Lipinski definition) is 6. The number of nitrogens with one attached hydrogen (secondary N) is 1. The minimum atomic E-state index is -0.155. The topological polar surface area (TPSA) is 73.2 Å². The van der Waals surface area contributed by atoms with Crippen LogP contribution >= 0.6 is 0 Å². The molecule has 1 aliphatic rings. The van der Waals surface area contributed by atoms with Crippen molar-refractivity contribution in [3.63, 3.8) is 0 Å². The Balaban J connectivity index is 1.79. The molecule has 1 atom stereocenters. The zero-order chi connectivity index (χ0) is 18.4. The molecule has 0 spiro atoms. The molecule has 1 aromatic heterocycles. The molecule has 1 fully saturated rings. The van der Waals surface area contributed by atoms with Crippen LogP contribution in [-0.4, -0.2) is 57.9 Å². The van der Waals surface area contributed by atoms with E-state index in [0.29, 0.717) is 36.8 Å². The van der Waals surface area contributed by atoms with E-state index in [1.807, 2.05) is 18.2 Å². The summed E-state index contributed by atoms with van der Waals surface area (Å²) in [6, 6.07) is 7.51. The largest absolute Gasteiger partial charge is 0.493 e. The fraction of sp³-hybridized carbons (Fsp3) is 0.421. The fourth-order valence-electron chi connectivity index (χ4n) is 3.09. The lowest BCUT2D eigenvalue weighted by Crippen LogP contribution is -2.43. The summed E-state index contributed by atoms with van der Waals surface area (Å²) in [5, 5.41) is 2.99. The van der Waals surface area contributed by atoms with Crippen LogP contribution in [0.5, 0.6) is 11.5 Å². The van der Waals surface area contributed by atoms with Gasteiger partial charge in [0.05, 0.1) is 45.3 Å². The second kappa shape index (κ2) is 8.73. The average molecular weight is 360 g/mol. The van der Waals surface area contributed by atoms with Gasteiger partial charge in [-0.15, -0.1) is 0 Å². The monoisotopic (exact) mass is 360 g/mol. The number of morpholine rings is 1. The fourth-order valence-corrected chi connectivity index (χ4v) is 3.09. The molecule has 7 heteroatoms. The van der Waals surface area contributed by atoms with Crippen molar-refractivity contribution in [1.29, 1.82) is 0 Å². The number of carbonyl (C=O) groups excluding carboxylic acids is 1. The van der Waals surface area contributed by atoms with Crippen molar-refractivity contribution in [2.45, 2.75) is 6.04 Å². The van der Waals surface area contributed by atoms with E-state index in [4.69, 9.17) is 18.6 Å². The lowest BCUT2D eigenvalue weighted by atomic mass is 10.0. The molecule has 1 N–H and O–H groups in total. The summed E-state index contributed by atoms with van der Waals surface area (Å²) >= 11 is 0. The van der Waals surface area contributed by atoms with Gasteiger partial charge in [-0.2, -0.15) is 0 Å². The Morgan fingerprint density at radius 3 is 2.62 bits per heavy atom. The van der Waals surface area contributed by atoms with Crippen LogP contribution < -0.4 is 14.8 Å². The van der Waals surface area contributed by atoms with Gasteiger partial charge in [-0.1, -0.05) is 6.07 Å². The van der Waals surface area contributed by atoms with Gasteiger partial charge in [0.15, 0.2) is 11.5 Å². The van der Waals surface area contributed by atoms with Crippen molar-refractivity contribution in [2.75, 3.05) is 47.1 Å². The number of rotatable bonds is 7. The van der Waals surface area contributed by atoms with Crippen LogP contribution in [0.4, 0.5) is 0 Å². The van der Waals surface area contributed by atoms with Crippen LogP contribution in [0.15, 0.2) is 41.2 Å². The van der Waals surface area contributed by atoms with Crippen LogP contribution in [0, 0.1) is 0 Å². The Labute approximate surface area is 152 Å². The maximum atomic E-state index is 12.3. The first-order chi connectivity index (χ1) is 12.7. The SMILES string of the molecule is COc1ccc([C@H](CNC(=O)c2ccoc2)N2CCOCC2)cc1OC. The number of amides is 1. The van der Waals surface area contributed by atoms with Crippen molar-refractivity contribution in [1.82, 2.24) is 10.2 Å². The summed E-state index contributed by atoms with van der Waals surface area (Å²) < 4.78 is 21.2. The van der Waals surface area contributed by atoms with Crippen LogP contribution in [0.1, 0.15) is 22.0 Å². The molecule has 0 bridgehead atoms. The number of nitrogens with zero attached hydrogens (tertiary/aromatic N) is 1. The molecule has 0 unspecified atom stereocenters. The summed E-state index contributed by atoms with van der Waals surface area (Å²) in [5.41, 5.74) is 1.56. The van der Waals surface area contributed by atoms with E-state index in [1.165, 1.54) is 12.5 Å². The highest BCUT2D eigenvalue weighted by molar-refractivity contribution is 5.93. The summed E-state index contributed by atoms with van der Waals surface area (Å²) in [6.07, 6.45) is 2.93. The van der Waals surface area contributed by atoms with E-state index < -0.39 is 0 Å². The van der Waals surface area contributed by atoms with Crippen LogP contribution in [0.2, 0.25) is 0 Å². The smallest absolute Gasteiger partial charge is 0.254 e. The van der Waals surface area contributed by atoms with Gasteiger partial charge in [0.2, 0.25) is 0 Å².